The molecule has 3 rings (SSSR count). The minimum absolute atomic E-state index is 0.0703. The van der Waals surface area contributed by atoms with E-state index in [-0.39, 0.29) is 4.21 Å². The lowest BCUT2D eigenvalue weighted by Crippen LogP contribution is -1.88. The van der Waals surface area contributed by atoms with Gasteiger partial charge in [0.1, 0.15) is 22.3 Å². The Hall–Kier alpha value is -2.09. The number of aromatic nitrogens is 1. The summed E-state index contributed by atoms with van der Waals surface area (Å²) in [6, 6.07) is 14.5. The van der Waals surface area contributed by atoms with Crippen molar-refractivity contribution in [3.63, 3.8) is 0 Å². The molecule has 0 amide bonds. The molecule has 0 spiro atoms. The molecule has 5 nitrogen and oxygen atoms in total. The number of thiazole rings is 1. The molecule has 0 fully saturated rings. The SMILES string of the molecule is COc1cccc(Oc2ccc(-c3nc(C)c(S(=O)(=O)Cl)s3)cc2)c1. The number of hydrogen-bond donors (Lipinski definition) is 0. The number of halogens is 1. The average Bonchev–Trinajstić information content (AvgIpc) is 2.98. The number of aryl methyl sites for hydroxylation is 1. The molecule has 0 bridgehead atoms. The van der Waals surface area contributed by atoms with Gasteiger partial charge < -0.3 is 9.47 Å². The molecule has 0 atom stereocenters. The van der Waals surface area contributed by atoms with Crippen LogP contribution < -0.4 is 9.47 Å². The highest BCUT2D eigenvalue weighted by Crippen LogP contribution is 2.34. The van der Waals surface area contributed by atoms with Gasteiger partial charge in [-0.15, -0.1) is 11.3 Å². The van der Waals surface area contributed by atoms with Crippen molar-refractivity contribution < 1.29 is 17.9 Å². The maximum Gasteiger partial charge on any atom is 0.272 e. The van der Waals surface area contributed by atoms with Crippen LogP contribution in [0.3, 0.4) is 0 Å². The number of benzene rings is 2. The largest absolute Gasteiger partial charge is 0.497 e. The van der Waals surface area contributed by atoms with Gasteiger partial charge in [0.15, 0.2) is 4.21 Å². The van der Waals surface area contributed by atoms with E-state index in [1.165, 1.54) is 0 Å². The molecule has 0 aliphatic rings. The molecule has 0 radical (unpaired) electrons. The second-order valence-electron chi connectivity index (χ2n) is 5.14. The van der Waals surface area contributed by atoms with Crippen LogP contribution in [0.15, 0.2) is 52.7 Å². The van der Waals surface area contributed by atoms with Crippen LogP contribution in [0.1, 0.15) is 5.69 Å². The Kier molecular flexibility index (Phi) is 4.99. The van der Waals surface area contributed by atoms with Crippen LogP contribution in [-0.4, -0.2) is 20.5 Å². The van der Waals surface area contributed by atoms with Gasteiger partial charge in [-0.05, 0) is 43.3 Å². The minimum atomic E-state index is -3.78. The Morgan fingerprint density at radius 1 is 1.04 bits per heavy atom. The van der Waals surface area contributed by atoms with Gasteiger partial charge in [0, 0.05) is 22.3 Å². The smallest absolute Gasteiger partial charge is 0.272 e. The molecule has 1 heterocycles. The molecule has 0 unspecified atom stereocenters. The molecule has 0 aliphatic heterocycles. The van der Waals surface area contributed by atoms with E-state index in [1.807, 2.05) is 30.3 Å². The first-order valence-electron chi connectivity index (χ1n) is 7.21. The summed E-state index contributed by atoms with van der Waals surface area (Å²) < 4.78 is 34.0. The van der Waals surface area contributed by atoms with E-state index in [1.54, 1.807) is 32.2 Å². The number of ether oxygens (including phenoxy) is 2. The monoisotopic (exact) mass is 395 g/mol. The van der Waals surface area contributed by atoms with Crippen LogP contribution in [0.5, 0.6) is 17.2 Å². The van der Waals surface area contributed by atoms with Gasteiger partial charge in [0.05, 0.1) is 12.8 Å². The Labute approximate surface area is 154 Å². The third-order valence-electron chi connectivity index (χ3n) is 3.35. The van der Waals surface area contributed by atoms with Crippen molar-refractivity contribution >= 4 is 31.1 Å². The second-order valence-corrected chi connectivity index (χ2v) is 8.90. The molecule has 8 heteroatoms. The lowest BCUT2D eigenvalue weighted by Gasteiger charge is -2.07. The van der Waals surface area contributed by atoms with Gasteiger partial charge in [-0.3, -0.25) is 0 Å². The highest BCUT2D eigenvalue weighted by Gasteiger charge is 2.19. The average molecular weight is 396 g/mol. The van der Waals surface area contributed by atoms with Gasteiger partial charge >= 0.3 is 0 Å². The summed E-state index contributed by atoms with van der Waals surface area (Å²) in [5.74, 6) is 2.02. The fraction of sp³-hybridized carbons (Fsp3) is 0.118. The van der Waals surface area contributed by atoms with E-state index in [0.717, 1.165) is 16.9 Å². The quantitative estimate of drug-likeness (QED) is 0.578. The number of methoxy groups -OCH3 is 1. The molecular weight excluding hydrogens is 382 g/mol. The van der Waals surface area contributed by atoms with Crippen molar-refractivity contribution in [1.82, 2.24) is 4.98 Å². The summed E-state index contributed by atoms with van der Waals surface area (Å²) in [7, 11) is 3.23. The Bertz CT molecular complexity index is 998. The van der Waals surface area contributed by atoms with Crippen molar-refractivity contribution in [2.75, 3.05) is 7.11 Å². The highest BCUT2D eigenvalue weighted by molar-refractivity contribution is 8.15. The molecular formula is C17H14ClNO4S2. The Balaban J connectivity index is 1.83. The molecule has 0 N–H and O–H groups in total. The third kappa shape index (κ3) is 4.12. The molecule has 1 aromatic heterocycles. The second kappa shape index (κ2) is 7.03. The fourth-order valence-electron chi connectivity index (χ4n) is 2.20. The van der Waals surface area contributed by atoms with E-state index >= 15 is 0 Å². The first-order chi connectivity index (χ1) is 11.9. The van der Waals surface area contributed by atoms with Crippen LogP contribution in [0.25, 0.3) is 10.6 Å². The molecule has 130 valence electrons. The predicted molar refractivity (Wildman–Crippen MR) is 98.4 cm³/mol. The zero-order chi connectivity index (χ0) is 18.0. The van der Waals surface area contributed by atoms with Crippen molar-refractivity contribution in [2.24, 2.45) is 0 Å². The summed E-state index contributed by atoms with van der Waals surface area (Å²) >= 11 is 1.05. The van der Waals surface area contributed by atoms with Crippen LogP contribution in [0, 0.1) is 6.92 Å². The zero-order valence-electron chi connectivity index (χ0n) is 13.4. The third-order valence-corrected chi connectivity index (χ3v) is 6.74. The number of rotatable bonds is 5. The summed E-state index contributed by atoms with van der Waals surface area (Å²) in [4.78, 5) is 4.28. The lowest BCUT2D eigenvalue weighted by molar-refractivity contribution is 0.409. The van der Waals surface area contributed by atoms with E-state index < -0.39 is 9.05 Å². The standard InChI is InChI=1S/C17H14ClNO4S2/c1-11-17(25(18,20)21)24-16(19-11)12-6-8-13(9-7-12)23-15-5-3-4-14(10-15)22-2/h3-10H,1-2H3. The molecule has 0 saturated carbocycles. The molecule has 25 heavy (non-hydrogen) atoms. The van der Waals surface area contributed by atoms with Crippen molar-refractivity contribution in [2.45, 2.75) is 11.1 Å². The van der Waals surface area contributed by atoms with Crippen LogP contribution in [0.2, 0.25) is 0 Å². The van der Waals surface area contributed by atoms with Crippen molar-refractivity contribution in [3.8, 4) is 27.8 Å². The Morgan fingerprint density at radius 3 is 2.32 bits per heavy atom. The maximum absolute atomic E-state index is 11.5. The first kappa shape index (κ1) is 17.7. The number of hydrogen-bond acceptors (Lipinski definition) is 6. The fourth-order valence-corrected chi connectivity index (χ4v) is 4.66. The van der Waals surface area contributed by atoms with Gasteiger partial charge in [-0.1, -0.05) is 6.07 Å². The maximum atomic E-state index is 11.5. The summed E-state index contributed by atoms with van der Waals surface area (Å²) in [6.07, 6.45) is 0. The van der Waals surface area contributed by atoms with Crippen molar-refractivity contribution in [3.05, 3.63) is 54.2 Å². The zero-order valence-corrected chi connectivity index (χ0v) is 15.8. The normalized spacial score (nSPS) is 11.3. The predicted octanol–water partition coefficient (Wildman–Crippen LogP) is 4.85. The Morgan fingerprint density at radius 2 is 1.72 bits per heavy atom. The minimum Gasteiger partial charge on any atom is -0.497 e. The van der Waals surface area contributed by atoms with Crippen molar-refractivity contribution in [1.29, 1.82) is 0 Å². The summed E-state index contributed by atoms with van der Waals surface area (Å²) in [5.41, 5.74) is 1.18. The van der Waals surface area contributed by atoms with E-state index in [0.29, 0.717) is 28.0 Å². The van der Waals surface area contributed by atoms with Crippen LogP contribution in [-0.2, 0) is 9.05 Å². The van der Waals surface area contributed by atoms with E-state index in [2.05, 4.69) is 4.98 Å². The number of nitrogens with zero attached hydrogens (tertiary/aromatic N) is 1. The van der Waals surface area contributed by atoms with Gasteiger partial charge in [0.2, 0.25) is 0 Å². The summed E-state index contributed by atoms with van der Waals surface area (Å²) in [6.45, 7) is 1.62. The molecule has 0 aliphatic carbocycles. The van der Waals surface area contributed by atoms with Gasteiger partial charge in [0.25, 0.3) is 9.05 Å². The highest BCUT2D eigenvalue weighted by atomic mass is 35.7. The molecule has 0 saturated heterocycles. The van der Waals surface area contributed by atoms with E-state index in [9.17, 15) is 8.42 Å². The van der Waals surface area contributed by atoms with Gasteiger partial charge in [-0.25, -0.2) is 13.4 Å². The van der Waals surface area contributed by atoms with E-state index in [4.69, 9.17) is 20.2 Å². The summed E-state index contributed by atoms with van der Waals surface area (Å²) in [5, 5.41) is 0.588. The van der Waals surface area contributed by atoms with Crippen LogP contribution >= 0.6 is 22.0 Å². The first-order valence-corrected chi connectivity index (χ1v) is 10.3. The molecule has 2 aromatic carbocycles. The lowest BCUT2D eigenvalue weighted by atomic mass is 10.2. The van der Waals surface area contributed by atoms with Gasteiger partial charge in [-0.2, -0.15) is 0 Å². The molecule has 3 aromatic rings. The topological polar surface area (TPSA) is 65.5 Å². The van der Waals surface area contributed by atoms with Crippen LogP contribution in [0.4, 0.5) is 0 Å².